The summed E-state index contributed by atoms with van der Waals surface area (Å²) >= 11 is 0. The predicted molar refractivity (Wildman–Crippen MR) is 83.4 cm³/mol. The van der Waals surface area contributed by atoms with Crippen molar-refractivity contribution < 1.29 is 19.1 Å². The maximum Gasteiger partial charge on any atom is 0.355 e. The molecule has 1 aliphatic rings. The quantitative estimate of drug-likeness (QED) is 0.618. The lowest BCUT2D eigenvalue weighted by molar-refractivity contribution is -0.141. The van der Waals surface area contributed by atoms with E-state index in [0.717, 1.165) is 17.7 Å². The highest BCUT2D eigenvalue weighted by Gasteiger charge is 2.32. The molecule has 1 unspecified atom stereocenters. The fourth-order valence-electron chi connectivity index (χ4n) is 2.66. The molecule has 0 radical (unpaired) electrons. The number of benzene rings is 1. The fourth-order valence-corrected chi connectivity index (χ4v) is 2.66. The summed E-state index contributed by atoms with van der Waals surface area (Å²) in [6, 6.07) is 7.92. The molecule has 1 aliphatic heterocycles. The van der Waals surface area contributed by atoms with E-state index in [9.17, 15) is 9.59 Å². The van der Waals surface area contributed by atoms with Crippen molar-refractivity contribution in [2.75, 3.05) is 18.1 Å². The molecule has 1 atom stereocenters. The van der Waals surface area contributed by atoms with Crippen molar-refractivity contribution in [1.29, 1.82) is 0 Å². The zero-order chi connectivity index (χ0) is 16.1. The highest BCUT2D eigenvalue weighted by Crippen LogP contribution is 2.35. The molecule has 0 aliphatic carbocycles. The van der Waals surface area contributed by atoms with E-state index in [1.54, 1.807) is 13.8 Å². The van der Waals surface area contributed by atoms with Crippen molar-refractivity contribution in [3.63, 3.8) is 0 Å². The molecule has 2 rings (SSSR count). The van der Waals surface area contributed by atoms with Crippen molar-refractivity contribution in [2.24, 2.45) is 0 Å². The minimum atomic E-state index is -0.540. The molecule has 0 amide bonds. The van der Waals surface area contributed by atoms with Crippen LogP contribution in [0.2, 0.25) is 0 Å². The Morgan fingerprint density at radius 2 is 1.91 bits per heavy atom. The molecule has 5 heteroatoms. The van der Waals surface area contributed by atoms with Crippen LogP contribution < -0.4 is 4.90 Å². The Morgan fingerprint density at radius 3 is 2.59 bits per heavy atom. The molecule has 0 spiro atoms. The highest BCUT2D eigenvalue weighted by molar-refractivity contribution is 6.00. The number of carbonyl (C=O) groups is 2. The monoisotopic (exact) mass is 303 g/mol. The average Bonchev–Trinajstić information content (AvgIpc) is 2.81. The fraction of sp³-hybridized carbons (Fsp3) is 0.412. The molecule has 0 bridgehead atoms. The van der Waals surface area contributed by atoms with E-state index in [1.165, 1.54) is 6.08 Å². The number of hydrogen-bond acceptors (Lipinski definition) is 5. The van der Waals surface area contributed by atoms with Gasteiger partial charge in [-0.25, -0.2) is 9.59 Å². The molecule has 0 fully saturated rings. The van der Waals surface area contributed by atoms with E-state index >= 15 is 0 Å². The molecule has 22 heavy (non-hydrogen) atoms. The molecule has 5 nitrogen and oxygen atoms in total. The second-order valence-corrected chi connectivity index (χ2v) is 5.05. The van der Waals surface area contributed by atoms with Crippen LogP contribution in [0.1, 0.15) is 26.3 Å². The number of nitrogens with zero attached hydrogens (tertiary/aromatic N) is 1. The summed E-state index contributed by atoms with van der Waals surface area (Å²) < 4.78 is 10.0. The normalized spacial score (nSPS) is 17.1. The van der Waals surface area contributed by atoms with E-state index < -0.39 is 11.9 Å². The zero-order valence-corrected chi connectivity index (χ0v) is 13.2. The Labute approximate surface area is 130 Å². The van der Waals surface area contributed by atoms with Crippen LogP contribution in [0.25, 0.3) is 0 Å². The Bertz CT molecular complexity index is 594. The van der Waals surface area contributed by atoms with Crippen molar-refractivity contribution in [2.45, 2.75) is 33.2 Å². The summed E-state index contributed by atoms with van der Waals surface area (Å²) in [6.45, 7) is 5.99. The van der Waals surface area contributed by atoms with Crippen LogP contribution in [0.5, 0.6) is 0 Å². The first-order valence-electron chi connectivity index (χ1n) is 7.51. The van der Waals surface area contributed by atoms with Crippen molar-refractivity contribution in [3.05, 3.63) is 41.6 Å². The van der Waals surface area contributed by atoms with Gasteiger partial charge in [-0.3, -0.25) is 0 Å². The van der Waals surface area contributed by atoms with Crippen LogP contribution in [0.15, 0.2) is 36.0 Å². The molecule has 0 saturated heterocycles. The maximum absolute atomic E-state index is 12.3. The van der Waals surface area contributed by atoms with Crippen LogP contribution >= 0.6 is 0 Å². The minimum absolute atomic E-state index is 0.0717. The highest BCUT2D eigenvalue weighted by atomic mass is 16.5. The second kappa shape index (κ2) is 7.11. The predicted octanol–water partition coefficient (Wildman–Crippen LogP) is 2.45. The van der Waals surface area contributed by atoms with Gasteiger partial charge < -0.3 is 14.4 Å². The number of fused-ring (bicyclic) bond motifs is 1. The van der Waals surface area contributed by atoms with E-state index in [1.807, 2.05) is 36.1 Å². The Morgan fingerprint density at radius 1 is 1.23 bits per heavy atom. The largest absolute Gasteiger partial charge is 0.463 e. The van der Waals surface area contributed by atoms with E-state index in [2.05, 4.69) is 0 Å². The van der Waals surface area contributed by atoms with Gasteiger partial charge in [-0.05, 0) is 38.8 Å². The SMILES string of the molecule is CCOC(=O)C=C(C(=O)OCC)N1c2ccccc2CC1C. The molecule has 1 aromatic carbocycles. The number of anilines is 1. The van der Waals surface area contributed by atoms with E-state index in [-0.39, 0.29) is 25.0 Å². The number of rotatable bonds is 5. The third kappa shape index (κ3) is 3.30. The maximum atomic E-state index is 12.3. The van der Waals surface area contributed by atoms with E-state index in [0.29, 0.717) is 0 Å². The summed E-state index contributed by atoms with van der Waals surface area (Å²) in [5.41, 5.74) is 2.30. The summed E-state index contributed by atoms with van der Waals surface area (Å²) in [6.07, 6.45) is 2.04. The van der Waals surface area contributed by atoms with Gasteiger partial charge in [0.15, 0.2) is 0 Å². The average molecular weight is 303 g/mol. The number of hydrogen-bond donors (Lipinski definition) is 0. The Hall–Kier alpha value is -2.30. The smallest absolute Gasteiger partial charge is 0.355 e. The standard InChI is InChI=1S/C17H21NO4/c1-4-21-16(19)11-15(17(20)22-5-2)18-12(3)10-13-8-6-7-9-14(13)18/h6-9,11-12H,4-5,10H2,1-3H3. The first-order chi connectivity index (χ1) is 10.6. The van der Waals surface area contributed by atoms with Gasteiger partial charge in [0.25, 0.3) is 0 Å². The van der Waals surface area contributed by atoms with E-state index in [4.69, 9.17) is 9.47 Å². The van der Waals surface area contributed by atoms with Gasteiger partial charge in [0.2, 0.25) is 0 Å². The first-order valence-corrected chi connectivity index (χ1v) is 7.51. The number of carbonyl (C=O) groups excluding carboxylic acids is 2. The van der Waals surface area contributed by atoms with Crippen molar-refractivity contribution >= 4 is 17.6 Å². The van der Waals surface area contributed by atoms with Gasteiger partial charge in [-0.15, -0.1) is 0 Å². The molecule has 0 saturated carbocycles. The molecule has 1 aromatic rings. The molecule has 1 heterocycles. The molecule has 0 aromatic heterocycles. The first kappa shape index (κ1) is 16.1. The summed E-state index contributed by atoms with van der Waals surface area (Å²) in [5.74, 6) is -1.05. The van der Waals surface area contributed by atoms with Gasteiger partial charge in [0.1, 0.15) is 5.70 Å². The lowest BCUT2D eigenvalue weighted by Gasteiger charge is -2.26. The van der Waals surface area contributed by atoms with Crippen molar-refractivity contribution in [3.8, 4) is 0 Å². The summed E-state index contributed by atoms with van der Waals surface area (Å²) in [5, 5.41) is 0. The lowest BCUT2D eigenvalue weighted by atomic mass is 10.1. The Balaban J connectivity index is 2.41. The van der Waals surface area contributed by atoms with Crippen LogP contribution in [0, 0.1) is 0 Å². The van der Waals surface area contributed by atoms with Crippen LogP contribution in [-0.2, 0) is 25.5 Å². The van der Waals surface area contributed by atoms with Gasteiger partial charge in [0.05, 0.1) is 19.3 Å². The van der Waals surface area contributed by atoms with Gasteiger partial charge in [-0.2, -0.15) is 0 Å². The lowest BCUT2D eigenvalue weighted by Crippen LogP contribution is -2.34. The Kier molecular flexibility index (Phi) is 5.20. The van der Waals surface area contributed by atoms with Gasteiger partial charge in [0, 0.05) is 11.7 Å². The summed E-state index contributed by atoms with van der Waals surface area (Å²) in [4.78, 5) is 25.9. The molecular formula is C17H21NO4. The third-order valence-electron chi connectivity index (χ3n) is 3.49. The second-order valence-electron chi connectivity index (χ2n) is 5.05. The molecule has 118 valence electrons. The van der Waals surface area contributed by atoms with Gasteiger partial charge >= 0.3 is 11.9 Å². The van der Waals surface area contributed by atoms with Crippen LogP contribution in [-0.4, -0.2) is 31.2 Å². The van der Waals surface area contributed by atoms with Crippen LogP contribution in [0.4, 0.5) is 5.69 Å². The summed E-state index contributed by atoms with van der Waals surface area (Å²) in [7, 11) is 0. The number of para-hydroxylation sites is 1. The van der Waals surface area contributed by atoms with Crippen LogP contribution in [0.3, 0.4) is 0 Å². The minimum Gasteiger partial charge on any atom is -0.463 e. The number of esters is 2. The zero-order valence-electron chi connectivity index (χ0n) is 13.2. The molecular weight excluding hydrogens is 282 g/mol. The topological polar surface area (TPSA) is 55.8 Å². The number of ether oxygens (including phenoxy) is 2. The molecule has 0 N–H and O–H groups in total. The third-order valence-corrected chi connectivity index (χ3v) is 3.49. The van der Waals surface area contributed by atoms with Crippen molar-refractivity contribution in [1.82, 2.24) is 0 Å². The van der Waals surface area contributed by atoms with Gasteiger partial charge in [-0.1, -0.05) is 18.2 Å².